The van der Waals surface area contributed by atoms with E-state index in [2.05, 4.69) is 20.6 Å². The van der Waals surface area contributed by atoms with Crippen molar-refractivity contribution >= 4 is 35.0 Å². The lowest BCUT2D eigenvalue weighted by molar-refractivity contribution is -1.05. The summed E-state index contributed by atoms with van der Waals surface area (Å²) in [7, 11) is 1.55. The molecule has 7 N–H and O–H groups in total. The van der Waals surface area contributed by atoms with Gasteiger partial charge in [0.05, 0.1) is 31.1 Å². The zero-order valence-corrected chi connectivity index (χ0v) is 25.2. The molecule has 0 spiro atoms. The van der Waals surface area contributed by atoms with Gasteiger partial charge in [-0.1, -0.05) is 0 Å². The SMILES string of the molecule is CCOC(=O)C1=CC(=CC[NH+]2C=CNC2[NH+]2CN=C3C(=O)NC(=N)N=C32)c2c(cc3c(c2OC)CC(C(C)(O)CCCO)O3)O1. The minimum Gasteiger partial charge on any atom is -0.496 e. The molecule has 5 aliphatic heterocycles. The van der Waals surface area contributed by atoms with Gasteiger partial charge in [0.2, 0.25) is 17.4 Å². The van der Waals surface area contributed by atoms with Gasteiger partial charge in [-0.25, -0.2) is 14.7 Å². The maximum absolute atomic E-state index is 12.8. The molecule has 0 aromatic heterocycles. The van der Waals surface area contributed by atoms with E-state index in [0.29, 0.717) is 60.0 Å². The first kappa shape index (κ1) is 30.5. The minimum absolute atomic E-state index is 0.00743. The fraction of sp³-hybridized carbons (Fsp3) is 0.433. The number of methoxy groups -OCH3 is 1. The van der Waals surface area contributed by atoms with Gasteiger partial charge in [-0.2, -0.15) is 9.89 Å². The van der Waals surface area contributed by atoms with Gasteiger partial charge in [-0.3, -0.25) is 20.8 Å². The molecule has 0 fully saturated rings. The van der Waals surface area contributed by atoms with Crippen LogP contribution in [-0.4, -0.2) is 91.1 Å². The average molecular weight is 624 g/mol. The molecule has 5 heterocycles. The summed E-state index contributed by atoms with van der Waals surface area (Å²) in [6.45, 7) is 4.26. The standard InChI is InChI=1S/C30H35N7O8/c1-4-43-27(40)20-12-16(6-9-36-10-8-32-29(36)37-15-33-23-25(37)34-28(31)35-26(23)39)22-19(44-20)14-18-17(24(22)42-3)13-21(45-18)30(2,41)7-5-11-38/h6,8,10,12,14,21,29,32,38,41H,4-5,7,9,11,13,15H2,1-3H3,(H2,31,35,39)/p+2. The Bertz CT molecular complexity index is 1590. The fourth-order valence-corrected chi connectivity index (χ4v) is 6.18. The summed E-state index contributed by atoms with van der Waals surface area (Å²) >= 11 is 0. The van der Waals surface area contributed by atoms with E-state index >= 15 is 0 Å². The van der Waals surface area contributed by atoms with Crippen molar-refractivity contribution in [1.82, 2.24) is 10.6 Å². The fourth-order valence-electron chi connectivity index (χ4n) is 6.18. The maximum Gasteiger partial charge on any atom is 0.374 e. The highest BCUT2D eigenvalue weighted by Crippen LogP contribution is 2.50. The van der Waals surface area contributed by atoms with Crippen molar-refractivity contribution in [1.29, 1.82) is 5.41 Å². The summed E-state index contributed by atoms with van der Waals surface area (Å²) in [4.78, 5) is 35.6. The summed E-state index contributed by atoms with van der Waals surface area (Å²) in [6.07, 6.45) is 7.67. The first-order valence-corrected chi connectivity index (χ1v) is 14.8. The van der Waals surface area contributed by atoms with E-state index in [1.807, 2.05) is 18.5 Å². The van der Waals surface area contributed by atoms with Gasteiger partial charge in [0, 0.05) is 24.7 Å². The van der Waals surface area contributed by atoms with Crippen LogP contribution in [0.25, 0.3) is 5.57 Å². The summed E-state index contributed by atoms with van der Waals surface area (Å²) in [5.41, 5.74) is 1.10. The van der Waals surface area contributed by atoms with Gasteiger partial charge in [0.1, 0.15) is 36.1 Å². The Morgan fingerprint density at radius 3 is 2.93 bits per heavy atom. The summed E-state index contributed by atoms with van der Waals surface area (Å²) in [5, 5.41) is 34.0. The lowest BCUT2D eigenvalue weighted by atomic mass is 9.89. The number of quaternary nitrogens is 2. The van der Waals surface area contributed by atoms with Crippen molar-refractivity contribution in [3.05, 3.63) is 47.5 Å². The van der Waals surface area contributed by atoms with E-state index < -0.39 is 23.6 Å². The molecule has 15 nitrogen and oxygen atoms in total. The number of allylic oxidation sites excluding steroid dienone is 2. The molecule has 1 aromatic rings. The first-order valence-electron chi connectivity index (χ1n) is 14.8. The van der Waals surface area contributed by atoms with Crippen LogP contribution in [0.4, 0.5) is 0 Å². The molecular weight excluding hydrogens is 586 g/mol. The second-order valence-electron chi connectivity index (χ2n) is 11.4. The van der Waals surface area contributed by atoms with Crippen LogP contribution in [0.3, 0.4) is 0 Å². The van der Waals surface area contributed by atoms with Crippen molar-refractivity contribution in [2.24, 2.45) is 9.98 Å². The van der Waals surface area contributed by atoms with Crippen LogP contribution in [0.15, 0.2) is 46.4 Å². The largest absolute Gasteiger partial charge is 0.496 e. The maximum atomic E-state index is 12.8. The van der Waals surface area contributed by atoms with Crippen molar-refractivity contribution in [2.45, 2.75) is 51.1 Å². The summed E-state index contributed by atoms with van der Waals surface area (Å²) in [6, 6.07) is 1.71. The van der Waals surface area contributed by atoms with E-state index in [-0.39, 0.29) is 43.6 Å². The number of guanidine groups is 1. The molecular formula is C30H37N7O8+2. The number of ether oxygens (including phenoxy) is 4. The van der Waals surface area contributed by atoms with Crippen molar-refractivity contribution < 1.29 is 48.5 Å². The number of hydrogen-bond donors (Lipinski definition) is 7. The highest BCUT2D eigenvalue weighted by atomic mass is 16.6. The Hall–Kier alpha value is -4.57. The molecule has 0 radical (unpaired) electrons. The van der Waals surface area contributed by atoms with Crippen LogP contribution in [0.2, 0.25) is 0 Å². The van der Waals surface area contributed by atoms with Crippen LogP contribution in [-0.2, 0) is 20.7 Å². The van der Waals surface area contributed by atoms with Crippen LogP contribution in [0.5, 0.6) is 17.2 Å². The number of rotatable bonds is 10. The molecule has 5 unspecified atom stereocenters. The minimum atomic E-state index is -1.20. The molecule has 0 saturated carbocycles. The summed E-state index contributed by atoms with van der Waals surface area (Å²) in [5.74, 6) is 0.492. The molecule has 0 saturated heterocycles. The predicted octanol–water partition coefficient (Wildman–Crippen LogP) is -2.25. The highest BCUT2D eigenvalue weighted by molar-refractivity contribution is 6.68. The lowest BCUT2D eigenvalue weighted by Crippen LogP contribution is -3.36. The second kappa shape index (κ2) is 12.1. The Morgan fingerprint density at radius 2 is 2.18 bits per heavy atom. The Balaban J connectivity index is 1.33. The van der Waals surface area contributed by atoms with Gasteiger partial charge < -0.3 is 29.2 Å². The number of aliphatic hydroxyl groups is 2. The molecule has 45 heavy (non-hydrogen) atoms. The highest BCUT2D eigenvalue weighted by Gasteiger charge is 2.46. The number of fused-ring (bicyclic) bond motifs is 3. The third-order valence-electron chi connectivity index (χ3n) is 8.42. The molecule has 238 valence electrons. The number of amidine groups is 1. The van der Waals surface area contributed by atoms with Crippen LogP contribution in [0.1, 0.15) is 37.8 Å². The predicted molar refractivity (Wildman–Crippen MR) is 160 cm³/mol. The quantitative estimate of drug-likeness (QED) is 0.141. The van der Waals surface area contributed by atoms with E-state index in [0.717, 1.165) is 15.4 Å². The zero-order valence-electron chi connectivity index (χ0n) is 25.2. The van der Waals surface area contributed by atoms with Crippen LogP contribution in [0, 0.1) is 5.41 Å². The van der Waals surface area contributed by atoms with E-state index in [1.165, 1.54) is 0 Å². The number of carbonyl (C=O) groups is 2. The topological polar surface area (TPSA) is 193 Å². The van der Waals surface area contributed by atoms with Crippen molar-refractivity contribution in [2.75, 3.05) is 33.5 Å². The van der Waals surface area contributed by atoms with Crippen LogP contribution < -0.4 is 34.6 Å². The van der Waals surface area contributed by atoms with Gasteiger partial charge in [0.25, 0.3) is 11.7 Å². The van der Waals surface area contributed by atoms with Crippen molar-refractivity contribution in [3.8, 4) is 17.2 Å². The average Bonchev–Trinajstić information content (AvgIpc) is 3.76. The molecule has 1 aromatic carbocycles. The lowest BCUT2D eigenvalue weighted by Gasteiger charge is -2.29. The number of amides is 1. The molecule has 5 atom stereocenters. The third kappa shape index (κ3) is 5.59. The number of esters is 1. The number of benzene rings is 1. The number of aliphatic hydroxyl groups excluding tert-OH is 1. The van der Waals surface area contributed by atoms with E-state index in [9.17, 15) is 19.8 Å². The van der Waals surface area contributed by atoms with Crippen molar-refractivity contribution in [3.63, 3.8) is 0 Å². The third-order valence-corrected chi connectivity index (χ3v) is 8.42. The smallest absolute Gasteiger partial charge is 0.374 e. The molecule has 0 aliphatic carbocycles. The van der Waals surface area contributed by atoms with Gasteiger partial charge >= 0.3 is 12.3 Å². The first-order chi connectivity index (χ1) is 21.6. The normalized spacial score (nSPS) is 26.7. The second-order valence-corrected chi connectivity index (χ2v) is 11.4. The molecule has 0 bridgehead atoms. The number of carbonyl (C=O) groups excluding carboxylic acids is 2. The number of hydrogen-bond acceptors (Lipinski definition) is 11. The number of nitrogens with one attached hydrogen (secondary N) is 5. The molecule has 6 rings (SSSR count). The Morgan fingerprint density at radius 1 is 1.36 bits per heavy atom. The molecule has 5 aliphatic rings. The van der Waals surface area contributed by atoms with Gasteiger partial charge in [-0.15, -0.1) is 0 Å². The zero-order chi connectivity index (χ0) is 31.9. The Labute approximate surface area is 259 Å². The van der Waals surface area contributed by atoms with Gasteiger partial charge in [0.15, 0.2) is 6.67 Å². The van der Waals surface area contributed by atoms with Gasteiger partial charge in [-0.05, 0) is 44.4 Å². The number of nitrogens with zero attached hydrogens (tertiary/aromatic N) is 2. The Kier molecular flexibility index (Phi) is 8.18. The van der Waals surface area contributed by atoms with E-state index in [4.69, 9.17) is 24.4 Å². The number of aliphatic imine (C=N–C) groups is 2. The van der Waals surface area contributed by atoms with Crippen LogP contribution >= 0.6 is 0 Å². The monoisotopic (exact) mass is 623 g/mol. The van der Waals surface area contributed by atoms with E-state index in [1.54, 1.807) is 33.1 Å². The molecule has 1 amide bonds. The summed E-state index contributed by atoms with van der Waals surface area (Å²) < 4.78 is 23.4. The molecule has 15 heteroatoms.